The Bertz CT molecular complexity index is 720. The van der Waals surface area contributed by atoms with Gasteiger partial charge in [0.05, 0.1) is 14.2 Å². The first-order chi connectivity index (χ1) is 12.4. The van der Waals surface area contributed by atoms with E-state index in [0.717, 1.165) is 5.56 Å². The molecule has 6 nitrogen and oxygen atoms in total. The molecule has 0 spiro atoms. The van der Waals surface area contributed by atoms with Crippen LogP contribution in [0.3, 0.4) is 0 Å². The normalized spacial score (nSPS) is 11.0. The quantitative estimate of drug-likeness (QED) is 0.758. The van der Waals surface area contributed by atoms with Crippen LogP contribution in [0.2, 0.25) is 0 Å². The molecule has 0 unspecified atom stereocenters. The van der Waals surface area contributed by atoms with Crippen LogP contribution in [0.25, 0.3) is 0 Å². The molecule has 26 heavy (non-hydrogen) atoms. The van der Waals surface area contributed by atoms with Gasteiger partial charge in [-0.3, -0.25) is 4.79 Å². The number of ether oxygens (including phenoxy) is 3. The first-order valence-electron chi connectivity index (χ1n) is 8.35. The molecule has 6 heteroatoms. The van der Waals surface area contributed by atoms with E-state index in [1.807, 2.05) is 44.2 Å². The molecular weight excluding hydrogens is 332 g/mol. The zero-order valence-corrected chi connectivity index (χ0v) is 15.7. The third-order valence-electron chi connectivity index (χ3n) is 3.91. The average molecular weight is 358 g/mol. The zero-order chi connectivity index (χ0) is 19.2. The Morgan fingerprint density at radius 2 is 1.65 bits per heavy atom. The van der Waals surface area contributed by atoms with Gasteiger partial charge in [0.1, 0.15) is 6.61 Å². The fourth-order valence-electron chi connectivity index (χ4n) is 2.31. The Balaban J connectivity index is 2.28. The van der Waals surface area contributed by atoms with E-state index in [2.05, 4.69) is 5.32 Å². The molecular formula is C20H26N2O4. The van der Waals surface area contributed by atoms with Crippen molar-refractivity contribution >= 4 is 5.91 Å². The molecule has 2 rings (SSSR count). The van der Waals surface area contributed by atoms with E-state index in [-0.39, 0.29) is 5.91 Å². The summed E-state index contributed by atoms with van der Waals surface area (Å²) in [5.74, 6) is 1.05. The fraction of sp³-hybridized carbons (Fsp3) is 0.350. The smallest absolute Gasteiger partial charge is 0.252 e. The topological polar surface area (TPSA) is 82.8 Å². The van der Waals surface area contributed by atoms with Crippen molar-refractivity contribution in [2.24, 2.45) is 5.73 Å². The Labute approximate surface area is 154 Å². The number of hydrogen-bond donors (Lipinski definition) is 2. The first-order valence-corrected chi connectivity index (χ1v) is 8.35. The fourth-order valence-corrected chi connectivity index (χ4v) is 2.31. The van der Waals surface area contributed by atoms with Crippen molar-refractivity contribution in [2.75, 3.05) is 20.8 Å². The van der Waals surface area contributed by atoms with Crippen LogP contribution in [0.4, 0.5) is 0 Å². The van der Waals surface area contributed by atoms with Crippen molar-refractivity contribution in [3.05, 3.63) is 53.6 Å². The third kappa shape index (κ3) is 4.89. The van der Waals surface area contributed by atoms with E-state index in [9.17, 15) is 4.79 Å². The van der Waals surface area contributed by atoms with E-state index < -0.39 is 5.54 Å². The van der Waals surface area contributed by atoms with Gasteiger partial charge in [0.15, 0.2) is 11.5 Å². The highest BCUT2D eigenvalue weighted by atomic mass is 16.5. The maximum absolute atomic E-state index is 12.5. The molecule has 0 aliphatic carbocycles. The van der Waals surface area contributed by atoms with Gasteiger partial charge in [-0.2, -0.15) is 0 Å². The van der Waals surface area contributed by atoms with Gasteiger partial charge in [-0.05, 0) is 31.5 Å². The summed E-state index contributed by atoms with van der Waals surface area (Å²) in [5, 5.41) is 2.89. The lowest BCUT2D eigenvalue weighted by Crippen LogP contribution is -2.48. The van der Waals surface area contributed by atoms with Gasteiger partial charge in [-0.15, -0.1) is 0 Å². The van der Waals surface area contributed by atoms with Gasteiger partial charge in [0.2, 0.25) is 5.75 Å². The summed E-state index contributed by atoms with van der Waals surface area (Å²) in [6.45, 7) is 4.40. The number of amides is 1. The van der Waals surface area contributed by atoms with Gasteiger partial charge < -0.3 is 25.3 Å². The van der Waals surface area contributed by atoms with Crippen LogP contribution in [-0.2, 0) is 6.61 Å². The van der Waals surface area contributed by atoms with Crippen molar-refractivity contribution in [1.29, 1.82) is 0 Å². The second-order valence-corrected chi connectivity index (χ2v) is 6.53. The predicted octanol–water partition coefficient (Wildman–Crippen LogP) is 2.75. The molecule has 3 N–H and O–H groups in total. The van der Waals surface area contributed by atoms with Crippen LogP contribution in [0.15, 0.2) is 42.5 Å². The highest BCUT2D eigenvalue weighted by Crippen LogP contribution is 2.39. The standard InChI is InChI=1S/C20H26N2O4/c1-20(2,13-21)22-19(23)15-10-16(24-3)18(17(11-15)25-4)26-12-14-8-6-5-7-9-14/h5-11H,12-13,21H2,1-4H3,(H,22,23). The molecule has 2 aromatic rings. The largest absolute Gasteiger partial charge is 0.493 e. The second-order valence-electron chi connectivity index (χ2n) is 6.53. The summed E-state index contributed by atoms with van der Waals surface area (Å²) < 4.78 is 16.7. The van der Waals surface area contributed by atoms with Crippen LogP contribution < -0.4 is 25.3 Å². The van der Waals surface area contributed by atoms with E-state index in [1.165, 1.54) is 14.2 Å². The summed E-state index contributed by atoms with van der Waals surface area (Å²) in [6.07, 6.45) is 0. The molecule has 0 aromatic heterocycles. The van der Waals surface area contributed by atoms with Crippen molar-refractivity contribution in [2.45, 2.75) is 26.0 Å². The van der Waals surface area contributed by atoms with Crippen LogP contribution in [0.1, 0.15) is 29.8 Å². The monoisotopic (exact) mass is 358 g/mol. The molecule has 0 bridgehead atoms. The van der Waals surface area contributed by atoms with Gasteiger partial charge >= 0.3 is 0 Å². The molecule has 1 amide bonds. The third-order valence-corrected chi connectivity index (χ3v) is 3.91. The van der Waals surface area contributed by atoms with Crippen molar-refractivity contribution in [3.63, 3.8) is 0 Å². The molecule has 0 saturated heterocycles. The minimum atomic E-state index is -0.514. The highest BCUT2D eigenvalue weighted by molar-refractivity contribution is 5.96. The van der Waals surface area contributed by atoms with Crippen LogP contribution in [-0.4, -0.2) is 32.2 Å². The SMILES string of the molecule is COc1cc(C(=O)NC(C)(C)CN)cc(OC)c1OCc1ccccc1. The van der Waals surface area contributed by atoms with Gasteiger partial charge in [-0.25, -0.2) is 0 Å². The molecule has 0 atom stereocenters. The lowest BCUT2D eigenvalue weighted by atomic mass is 10.0. The lowest BCUT2D eigenvalue weighted by Gasteiger charge is -2.24. The molecule has 0 radical (unpaired) electrons. The molecule has 0 saturated carbocycles. The minimum absolute atomic E-state index is 0.258. The number of methoxy groups -OCH3 is 2. The Kier molecular flexibility index (Phi) is 6.46. The highest BCUT2D eigenvalue weighted by Gasteiger charge is 2.22. The van der Waals surface area contributed by atoms with Gasteiger partial charge in [0.25, 0.3) is 5.91 Å². The molecule has 0 aliphatic rings. The molecule has 0 fully saturated rings. The maximum atomic E-state index is 12.5. The van der Waals surface area contributed by atoms with Crippen molar-refractivity contribution < 1.29 is 19.0 Å². The summed E-state index contributed by atoms with van der Waals surface area (Å²) in [4.78, 5) is 12.5. The number of carbonyl (C=O) groups is 1. The Morgan fingerprint density at radius 3 is 2.15 bits per heavy atom. The Morgan fingerprint density at radius 1 is 1.08 bits per heavy atom. The summed E-state index contributed by atoms with van der Waals surface area (Å²) in [5.41, 5.74) is 6.59. The minimum Gasteiger partial charge on any atom is -0.493 e. The van der Waals surface area contributed by atoms with Crippen molar-refractivity contribution in [3.8, 4) is 17.2 Å². The summed E-state index contributed by atoms with van der Waals surface area (Å²) in [6, 6.07) is 13.0. The molecule has 0 aliphatic heterocycles. The first kappa shape index (κ1) is 19.6. The van der Waals surface area contributed by atoms with E-state index in [4.69, 9.17) is 19.9 Å². The van der Waals surface area contributed by atoms with Gasteiger partial charge in [-0.1, -0.05) is 30.3 Å². The second kappa shape index (κ2) is 8.58. The number of nitrogens with two attached hydrogens (primary N) is 1. The number of hydrogen-bond acceptors (Lipinski definition) is 5. The lowest BCUT2D eigenvalue weighted by molar-refractivity contribution is 0.0915. The van der Waals surface area contributed by atoms with E-state index >= 15 is 0 Å². The van der Waals surface area contributed by atoms with Crippen LogP contribution >= 0.6 is 0 Å². The van der Waals surface area contributed by atoms with Crippen LogP contribution in [0.5, 0.6) is 17.2 Å². The zero-order valence-electron chi connectivity index (χ0n) is 15.7. The van der Waals surface area contributed by atoms with E-state index in [0.29, 0.717) is 36.0 Å². The van der Waals surface area contributed by atoms with Gasteiger partial charge in [0, 0.05) is 17.6 Å². The Hall–Kier alpha value is -2.73. The maximum Gasteiger partial charge on any atom is 0.252 e. The summed E-state index contributed by atoms with van der Waals surface area (Å²) in [7, 11) is 3.05. The predicted molar refractivity (Wildman–Crippen MR) is 101 cm³/mol. The van der Waals surface area contributed by atoms with Crippen LogP contribution in [0, 0.1) is 0 Å². The van der Waals surface area contributed by atoms with E-state index in [1.54, 1.807) is 12.1 Å². The number of benzene rings is 2. The molecule has 2 aromatic carbocycles. The molecule has 0 heterocycles. The number of rotatable bonds is 8. The number of nitrogens with one attached hydrogen (secondary N) is 1. The van der Waals surface area contributed by atoms with Crippen molar-refractivity contribution in [1.82, 2.24) is 5.32 Å². The summed E-state index contributed by atoms with van der Waals surface area (Å²) >= 11 is 0. The average Bonchev–Trinajstić information content (AvgIpc) is 2.66. The number of carbonyl (C=O) groups excluding carboxylic acids is 1. The molecule has 140 valence electrons.